The maximum absolute atomic E-state index is 13.6. The number of carbonyl (C=O) groups excluding carboxylic acids is 1. The highest BCUT2D eigenvalue weighted by Gasteiger charge is 2.39. The zero-order valence-electron chi connectivity index (χ0n) is 15.5. The van der Waals surface area contributed by atoms with E-state index in [2.05, 4.69) is 4.98 Å². The van der Waals surface area contributed by atoms with Gasteiger partial charge < -0.3 is 25.4 Å². The van der Waals surface area contributed by atoms with Crippen molar-refractivity contribution < 1.29 is 33.7 Å². The monoisotopic (exact) mass is 400 g/mol. The van der Waals surface area contributed by atoms with Crippen LogP contribution in [0.15, 0.2) is 42.6 Å². The summed E-state index contributed by atoms with van der Waals surface area (Å²) in [6.07, 6.45) is 1.28. The molecule has 0 fully saturated rings. The molecule has 150 valence electrons. The van der Waals surface area contributed by atoms with Gasteiger partial charge >= 0.3 is 5.97 Å². The van der Waals surface area contributed by atoms with E-state index < -0.39 is 34.6 Å². The number of nitrogens with two attached hydrogens (primary N) is 1. The summed E-state index contributed by atoms with van der Waals surface area (Å²) in [6, 6.07) is 8.36. The Hall–Kier alpha value is -3.72. The number of ether oxygens (including phenoxy) is 2. The van der Waals surface area contributed by atoms with Gasteiger partial charge in [0, 0.05) is 35.2 Å². The van der Waals surface area contributed by atoms with Gasteiger partial charge in [-0.15, -0.1) is 0 Å². The summed E-state index contributed by atoms with van der Waals surface area (Å²) >= 11 is 0. The first-order valence-electron chi connectivity index (χ1n) is 8.34. The van der Waals surface area contributed by atoms with Crippen molar-refractivity contribution in [2.75, 3.05) is 7.11 Å². The third-order valence-corrected chi connectivity index (χ3v) is 4.28. The highest BCUT2D eigenvalue weighted by molar-refractivity contribution is 6.17. The number of halogens is 1. The number of carbonyl (C=O) groups is 2. The third kappa shape index (κ3) is 3.81. The van der Waals surface area contributed by atoms with E-state index >= 15 is 0 Å². The normalized spacial score (nSPS) is 13.0. The summed E-state index contributed by atoms with van der Waals surface area (Å²) in [5, 5.41) is 20.2. The predicted molar refractivity (Wildman–Crippen MR) is 101 cm³/mol. The summed E-state index contributed by atoms with van der Waals surface area (Å²) in [6.45, 7) is 1.02. The second-order valence-electron chi connectivity index (χ2n) is 6.47. The lowest BCUT2D eigenvalue weighted by Gasteiger charge is -2.18. The van der Waals surface area contributed by atoms with E-state index in [1.807, 2.05) is 0 Å². The van der Waals surface area contributed by atoms with Gasteiger partial charge in [0.2, 0.25) is 5.78 Å². The minimum absolute atomic E-state index is 0.200. The molecule has 0 aliphatic heterocycles. The summed E-state index contributed by atoms with van der Waals surface area (Å²) in [4.78, 5) is 27.4. The van der Waals surface area contributed by atoms with Crippen molar-refractivity contribution in [2.45, 2.75) is 12.5 Å². The smallest absolute Gasteiger partial charge is 0.331 e. The molecule has 3 rings (SSSR count). The highest BCUT2D eigenvalue weighted by Crippen LogP contribution is 2.33. The SMILES string of the molecule is COc1cc(F)cc(Oc2ccc3c(O)c(C(=O)C(C)(N)C(=O)O)ncc3c2)c1. The van der Waals surface area contributed by atoms with Crippen LogP contribution in [0.25, 0.3) is 10.8 Å². The number of carboxylic acids is 1. The number of aliphatic carboxylic acids is 1. The number of hydrogen-bond donors (Lipinski definition) is 3. The van der Waals surface area contributed by atoms with Crippen LogP contribution in [0, 0.1) is 5.82 Å². The summed E-state index contributed by atoms with van der Waals surface area (Å²) in [5.41, 5.74) is 2.84. The molecule has 0 aliphatic carbocycles. The van der Waals surface area contributed by atoms with E-state index in [4.69, 9.17) is 20.3 Å². The molecular formula is C20H17FN2O6. The Morgan fingerprint density at radius 1 is 1.14 bits per heavy atom. The van der Waals surface area contributed by atoms with E-state index in [1.165, 1.54) is 49.7 Å². The van der Waals surface area contributed by atoms with Crippen molar-refractivity contribution in [1.29, 1.82) is 0 Å². The molecule has 0 spiro atoms. The van der Waals surface area contributed by atoms with Crippen molar-refractivity contribution in [3.05, 3.63) is 54.1 Å². The van der Waals surface area contributed by atoms with Crippen LogP contribution in [0.3, 0.4) is 0 Å². The first kappa shape index (κ1) is 20.0. The standard InChI is InChI=1S/C20H17FN2O6/c1-20(22,19(26)27)18(25)16-17(24)15-4-3-12(5-10(15)9-23-16)29-14-7-11(21)6-13(8-14)28-2/h3-9,24H,22H2,1-2H3,(H,26,27). The number of rotatable bonds is 6. The number of ketones is 1. The number of hydrogen-bond acceptors (Lipinski definition) is 7. The van der Waals surface area contributed by atoms with Gasteiger partial charge in [-0.1, -0.05) is 0 Å². The molecule has 0 saturated carbocycles. The van der Waals surface area contributed by atoms with Crippen molar-refractivity contribution in [3.8, 4) is 23.0 Å². The molecule has 4 N–H and O–H groups in total. The fourth-order valence-electron chi connectivity index (χ4n) is 2.61. The second kappa shape index (κ2) is 7.36. The number of methoxy groups -OCH3 is 1. The van der Waals surface area contributed by atoms with Crippen LogP contribution in [0.4, 0.5) is 4.39 Å². The largest absolute Gasteiger partial charge is 0.505 e. The zero-order chi connectivity index (χ0) is 21.3. The molecule has 29 heavy (non-hydrogen) atoms. The van der Waals surface area contributed by atoms with Gasteiger partial charge in [-0.2, -0.15) is 0 Å². The van der Waals surface area contributed by atoms with E-state index in [0.717, 1.165) is 6.92 Å². The van der Waals surface area contributed by atoms with E-state index in [1.54, 1.807) is 0 Å². The van der Waals surface area contributed by atoms with Crippen LogP contribution in [-0.2, 0) is 4.79 Å². The maximum Gasteiger partial charge on any atom is 0.331 e. The summed E-state index contributed by atoms with van der Waals surface area (Å²) < 4.78 is 24.2. The summed E-state index contributed by atoms with van der Waals surface area (Å²) in [5.74, 6) is -2.80. The molecule has 3 aromatic rings. The number of aromatic hydroxyl groups is 1. The first-order valence-corrected chi connectivity index (χ1v) is 8.34. The lowest BCUT2D eigenvalue weighted by Crippen LogP contribution is -2.52. The Bertz CT molecular complexity index is 1130. The Kier molecular flexibility index (Phi) is 5.08. The molecule has 1 heterocycles. The van der Waals surface area contributed by atoms with Crippen molar-refractivity contribution in [2.24, 2.45) is 5.73 Å². The van der Waals surface area contributed by atoms with Gasteiger partial charge in [0.1, 0.15) is 23.1 Å². The topological polar surface area (TPSA) is 132 Å². The third-order valence-electron chi connectivity index (χ3n) is 4.28. The predicted octanol–water partition coefficient (Wildman–Crippen LogP) is 2.87. The zero-order valence-corrected chi connectivity index (χ0v) is 15.5. The molecule has 1 aromatic heterocycles. The molecule has 0 amide bonds. The molecule has 8 nitrogen and oxygen atoms in total. The molecule has 0 radical (unpaired) electrons. The van der Waals surface area contributed by atoms with Crippen molar-refractivity contribution in [3.63, 3.8) is 0 Å². The highest BCUT2D eigenvalue weighted by atomic mass is 19.1. The van der Waals surface area contributed by atoms with Gasteiger partial charge in [0.15, 0.2) is 17.0 Å². The second-order valence-corrected chi connectivity index (χ2v) is 6.47. The Labute approximate surface area is 164 Å². The number of benzene rings is 2. The maximum atomic E-state index is 13.6. The first-order chi connectivity index (χ1) is 13.6. The lowest BCUT2D eigenvalue weighted by atomic mass is 9.94. The van der Waals surface area contributed by atoms with Gasteiger partial charge in [0.05, 0.1) is 7.11 Å². The van der Waals surface area contributed by atoms with Crippen molar-refractivity contribution in [1.82, 2.24) is 4.98 Å². The van der Waals surface area contributed by atoms with Gasteiger partial charge in [-0.3, -0.25) is 4.79 Å². The van der Waals surface area contributed by atoms with Crippen LogP contribution < -0.4 is 15.2 Å². The quantitative estimate of drug-likeness (QED) is 0.425. The number of fused-ring (bicyclic) bond motifs is 1. The molecule has 1 unspecified atom stereocenters. The molecule has 0 bridgehead atoms. The fourth-order valence-corrected chi connectivity index (χ4v) is 2.61. The molecule has 0 saturated heterocycles. The number of carboxylic acid groups (broad SMARTS) is 1. The molecular weight excluding hydrogens is 383 g/mol. The number of Topliss-reactive ketones (excluding diaryl/α,β-unsaturated/α-hetero) is 1. The van der Waals surface area contributed by atoms with E-state index in [0.29, 0.717) is 11.1 Å². The number of pyridine rings is 1. The van der Waals surface area contributed by atoms with Crippen LogP contribution in [-0.4, -0.2) is 39.6 Å². The minimum atomic E-state index is -2.24. The van der Waals surface area contributed by atoms with Crippen molar-refractivity contribution >= 4 is 22.5 Å². The molecule has 1 atom stereocenters. The fraction of sp³-hybridized carbons (Fsp3) is 0.150. The lowest BCUT2D eigenvalue weighted by molar-refractivity contribution is -0.140. The summed E-state index contributed by atoms with van der Waals surface area (Å²) in [7, 11) is 1.40. The number of nitrogens with zero attached hydrogens (tertiary/aromatic N) is 1. The minimum Gasteiger partial charge on any atom is -0.505 e. The molecule has 0 aliphatic rings. The number of aromatic nitrogens is 1. The molecule has 9 heteroatoms. The average Bonchev–Trinajstić information content (AvgIpc) is 2.67. The Balaban J connectivity index is 1.97. The van der Waals surface area contributed by atoms with E-state index in [-0.39, 0.29) is 16.9 Å². The molecule has 2 aromatic carbocycles. The Morgan fingerprint density at radius 3 is 2.48 bits per heavy atom. The average molecular weight is 400 g/mol. The van der Waals surface area contributed by atoms with Crippen LogP contribution in [0.5, 0.6) is 23.0 Å². The van der Waals surface area contributed by atoms with Crippen LogP contribution in [0.2, 0.25) is 0 Å². The van der Waals surface area contributed by atoms with Gasteiger partial charge in [-0.05, 0) is 25.1 Å². The van der Waals surface area contributed by atoms with Gasteiger partial charge in [-0.25, -0.2) is 14.2 Å². The van der Waals surface area contributed by atoms with Crippen LogP contribution in [0.1, 0.15) is 17.4 Å². The van der Waals surface area contributed by atoms with E-state index in [9.17, 15) is 19.1 Å². The van der Waals surface area contributed by atoms with Crippen LogP contribution >= 0.6 is 0 Å². The van der Waals surface area contributed by atoms with Gasteiger partial charge in [0.25, 0.3) is 0 Å². The Morgan fingerprint density at radius 2 is 1.83 bits per heavy atom.